The van der Waals surface area contributed by atoms with E-state index in [-0.39, 0.29) is 29.2 Å². The van der Waals surface area contributed by atoms with E-state index in [0.717, 1.165) is 91.4 Å². The molecule has 3 N–H and O–H groups in total. The highest BCUT2D eigenvalue weighted by atomic mass is 32.1. The third-order valence-corrected chi connectivity index (χ3v) is 8.11. The summed E-state index contributed by atoms with van der Waals surface area (Å²) in [6, 6.07) is 2.08. The number of thiophene rings is 1. The molecule has 1 fully saturated rings. The van der Waals surface area contributed by atoms with Gasteiger partial charge in [0.15, 0.2) is 5.82 Å². The number of carbonyl (C=O) groups is 1. The van der Waals surface area contributed by atoms with Crippen LogP contribution in [0.4, 0.5) is 5.82 Å². The van der Waals surface area contributed by atoms with Crippen molar-refractivity contribution in [2.45, 2.75) is 78.2 Å². The first-order valence-corrected chi connectivity index (χ1v) is 13.6. The third kappa shape index (κ3) is 5.91. The van der Waals surface area contributed by atoms with Crippen LogP contribution < -0.4 is 11.1 Å². The Morgan fingerprint density at radius 3 is 2.74 bits per heavy atom. The number of imidazole rings is 1. The summed E-state index contributed by atoms with van der Waals surface area (Å²) in [5, 5.41) is 13.8. The zero-order valence-corrected chi connectivity index (χ0v) is 21.5. The van der Waals surface area contributed by atoms with Gasteiger partial charge in [-0.05, 0) is 57.9 Å². The zero-order chi connectivity index (χ0) is 24.9. The number of nitrogen functional groups attached to an aromatic ring is 1. The van der Waals surface area contributed by atoms with Gasteiger partial charge in [-0.2, -0.15) is 0 Å². The highest BCUT2D eigenvalue weighted by molar-refractivity contribution is 7.19. The van der Waals surface area contributed by atoms with Gasteiger partial charge in [-0.1, -0.05) is 13.3 Å². The predicted octanol–water partition coefficient (Wildman–Crippen LogP) is 4.86. The smallest absolute Gasteiger partial charge is 0.223 e. The number of nitrogens with one attached hydrogen (secondary N) is 1. The number of anilines is 1. The van der Waals surface area contributed by atoms with Crippen molar-refractivity contribution in [3.8, 4) is 0 Å². The van der Waals surface area contributed by atoms with Crippen LogP contribution in [0.1, 0.15) is 69.0 Å². The SMILES string of the molecule is CCCCc1nc2c(N)nc3cc(C)sc3c2n1CCCCNC(=O)C1CCC(C[N+](=O)[O-])CC1. The summed E-state index contributed by atoms with van der Waals surface area (Å²) in [5.41, 5.74) is 9.11. The number of unbranched alkanes of at least 4 members (excludes halogenated alkanes) is 2. The molecular weight excluding hydrogens is 464 g/mol. The number of amides is 1. The molecule has 0 atom stereocenters. The van der Waals surface area contributed by atoms with Gasteiger partial charge in [-0.15, -0.1) is 11.3 Å². The Morgan fingerprint density at radius 2 is 2.03 bits per heavy atom. The van der Waals surface area contributed by atoms with Crippen molar-refractivity contribution in [2.75, 3.05) is 18.8 Å². The largest absolute Gasteiger partial charge is 0.382 e. The summed E-state index contributed by atoms with van der Waals surface area (Å²) in [5.74, 6) is 1.74. The molecule has 1 amide bonds. The quantitative estimate of drug-likeness (QED) is 0.220. The lowest BCUT2D eigenvalue weighted by Crippen LogP contribution is -2.34. The van der Waals surface area contributed by atoms with Crippen LogP contribution in [0, 0.1) is 28.9 Å². The van der Waals surface area contributed by atoms with E-state index in [2.05, 4.69) is 34.8 Å². The van der Waals surface area contributed by atoms with E-state index >= 15 is 0 Å². The minimum absolute atomic E-state index is 0.0120. The van der Waals surface area contributed by atoms with Crippen molar-refractivity contribution in [3.05, 3.63) is 26.9 Å². The molecule has 4 rings (SSSR count). The molecule has 3 aromatic rings. The Labute approximate surface area is 209 Å². The number of nitrogens with two attached hydrogens (primary N) is 1. The lowest BCUT2D eigenvalue weighted by Gasteiger charge is -2.25. The molecule has 0 spiro atoms. The predicted molar refractivity (Wildman–Crippen MR) is 140 cm³/mol. The van der Waals surface area contributed by atoms with Crippen LogP contribution in [0.25, 0.3) is 21.3 Å². The van der Waals surface area contributed by atoms with Crippen molar-refractivity contribution < 1.29 is 9.72 Å². The van der Waals surface area contributed by atoms with Crippen molar-refractivity contribution in [3.63, 3.8) is 0 Å². The Balaban J connectivity index is 1.36. The lowest BCUT2D eigenvalue weighted by molar-refractivity contribution is -0.489. The molecule has 190 valence electrons. The Morgan fingerprint density at radius 1 is 1.26 bits per heavy atom. The van der Waals surface area contributed by atoms with Gasteiger partial charge < -0.3 is 15.6 Å². The van der Waals surface area contributed by atoms with E-state index < -0.39 is 0 Å². The second-order valence-corrected chi connectivity index (χ2v) is 11.0. The van der Waals surface area contributed by atoms with Crippen molar-refractivity contribution in [1.29, 1.82) is 0 Å². The summed E-state index contributed by atoms with van der Waals surface area (Å²) >= 11 is 1.74. The maximum absolute atomic E-state index is 12.6. The van der Waals surface area contributed by atoms with E-state index in [1.807, 2.05) is 0 Å². The molecule has 1 aliphatic rings. The Kier molecular flexibility index (Phi) is 8.20. The van der Waals surface area contributed by atoms with E-state index in [1.54, 1.807) is 11.3 Å². The highest BCUT2D eigenvalue weighted by Gasteiger charge is 2.28. The van der Waals surface area contributed by atoms with Crippen molar-refractivity contribution in [1.82, 2.24) is 19.9 Å². The monoisotopic (exact) mass is 500 g/mol. The number of carbonyl (C=O) groups excluding carboxylic acids is 1. The summed E-state index contributed by atoms with van der Waals surface area (Å²) in [4.78, 5) is 33.7. The summed E-state index contributed by atoms with van der Waals surface area (Å²) in [6.45, 7) is 5.76. The highest BCUT2D eigenvalue weighted by Crippen LogP contribution is 2.35. The summed E-state index contributed by atoms with van der Waals surface area (Å²) in [7, 11) is 0. The van der Waals surface area contributed by atoms with Gasteiger partial charge in [-0.3, -0.25) is 14.9 Å². The molecule has 0 radical (unpaired) electrons. The van der Waals surface area contributed by atoms with Crippen LogP contribution in [0.15, 0.2) is 6.07 Å². The molecule has 0 saturated heterocycles. The molecule has 1 aliphatic carbocycles. The summed E-state index contributed by atoms with van der Waals surface area (Å²) < 4.78 is 3.46. The number of pyridine rings is 1. The fourth-order valence-electron chi connectivity index (χ4n) is 5.18. The molecule has 3 heterocycles. The van der Waals surface area contributed by atoms with Gasteiger partial charge in [0, 0.05) is 41.1 Å². The topological polar surface area (TPSA) is 129 Å². The van der Waals surface area contributed by atoms with Gasteiger partial charge in [-0.25, -0.2) is 9.97 Å². The average molecular weight is 501 g/mol. The maximum atomic E-state index is 12.6. The Hall–Kier alpha value is -2.75. The molecule has 9 nitrogen and oxygen atoms in total. The molecule has 0 aliphatic heterocycles. The molecule has 0 aromatic carbocycles. The molecule has 1 saturated carbocycles. The van der Waals surface area contributed by atoms with E-state index in [0.29, 0.717) is 12.4 Å². The number of rotatable bonds is 11. The maximum Gasteiger partial charge on any atom is 0.223 e. The second-order valence-electron chi connectivity index (χ2n) is 9.78. The first kappa shape index (κ1) is 25.3. The minimum Gasteiger partial charge on any atom is -0.382 e. The van der Waals surface area contributed by atoms with Gasteiger partial charge in [0.2, 0.25) is 12.5 Å². The van der Waals surface area contributed by atoms with E-state index in [9.17, 15) is 14.9 Å². The van der Waals surface area contributed by atoms with Gasteiger partial charge >= 0.3 is 0 Å². The Bertz CT molecular complexity index is 1200. The minimum atomic E-state index is -0.238. The molecular formula is C25H36N6O3S. The van der Waals surface area contributed by atoms with Crippen LogP contribution in [0.3, 0.4) is 0 Å². The second kappa shape index (κ2) is 11.3. The number of aromatic nitrogens is 3. The van der Waals surface area contributed by atoms with E-state index in [1.165, 1.54) is 4.88 Å². The number of aryl methyl sites for hydroxylation is 3. The standard InChI is InChI=1S/C25H36N6O3S/c1-3-4-7-20-29-21-22(23-19(28-24(21)26)14-16(2)35-23)30(20)13-6-5-12-27-25(32)18-10-8-17(9-11-18)15-31(33)34/h14,17-18H,3-13,15H2,1-2H3,(H2,26,28)(H,27,32). The molecule has 3 aromatic heterocycles. The summed E-state index contributed by atoms with van der Waals surface area (Å²) in [6.07, 6.45) is 7.91. The molecule has 0 unspecified atom stereocenters. The fourth-order valence-corrected chi connectivity index (χ4v) is 6.18. The molecule has 0 bridgehead atoms. The van der Waals surface area contributed by atoms with Crippen LogP contribution >= 0.6 is 11.3 Å². The van der Waals surface area contributed by atoms with E-state index in [4.69, 9.17) is 10.7 Å². The van der Waals surface area contributed by atoms with Crippen molar-refractivity contribution in [2.24, 2.45) is 11.8 Å². The fraction of sp³-hybridized carbons (Fsp3) is 0.640. The molecule has 35 heavy (non-hydrogen) atoms. The first-order chi connectivity index (χ1) is 16.9. The van der Waals surface area contributed by atoms with Gasteiger partial charge in [0.1, 0.15) is 11.3 Å². The van der Waals surface area contributed by atoms with Gasteiger partial charge in [0.05, 0.1) is 15.7 Å². The van der Waals surface area contributed by atoms with Crippen LogP contribution in [0.2, 0.25) is 0 Å². The average Bonchev–Trinajstić information content (AvgIpc) is 3.37. The number of nitro groups is 1. The number of hydrogen-bond acceptors (Lipinski definition) is 7. The number of nitrogens with zero attached hydrogens (tertiary/aromatic N) is 4. The number of fused-ring (bicyclic) bond motifs is 3. The molecule has 10 heteroatoms. The normalized spacial score (nSPS) is 18.3. The lowest BCUT2D eigenvalue weighted by atomic mass is 9.81. The van der Waals surface area contributed by atoms with Crippen LogP contribution in [0.5, 0.6) is 0 Å². The number of hydrogen-bond donors (Lipinski definition) is 2. The zero-order valence-electron chi connectivity index (χ0n) is 20.7. The van der Waals surface area contributed by atoms with Crippen molar-refractivity contribution >= 4 is 44.3 Å². The third-order valence-electron chi connectivity index (χ3n) is 7.07. The first-order valence-electron chi connectivity index (χ1n) is 12.8. The van der Waals surface area contributed by atoms with Crippen LogP contribution in [-0.2, 0) is 17.8 Å². The van der Waals surface area contributed by atoms with Crippen LogP contribution in [-0.4, -0.2) is 38.5 Å². The van der Waals surface area contributed by atoms with Gasteiger partial charge in [0.25, 0.3) is 0 Å².